The maximum Gasteiger partial charge on any atom is 0.261 e. The van der Waals surface area contributed by atoms with Gasteiger partial charge in [-0.25, -0.2) is 8.42 Å². The average molecular weight is 334 g/mol. The summed E-state index contributed by atoms with van der Waals surface area (Å²) in [6.07, 6.45) is 1.69. The second-order valence-electron chi connectivity index (χ2n) is 4.89. The Hall–Kier alpha value is -1.11. The topological polar surface area (TPSA) is 72.5 Å². The van der Waals surface area contributed by atoms with Gasteiger partial charge < -0.3 is 10.1 Å². The highest BCUT2D eigenvalue weighted by molar-refractivity contribution is 8.13. The fourth-order valence-electron chi connectivity index (χ4n) is 2.04. The number of nitrogens with one attached hydrogen (secondary N) is 1. The quantitative estimate of drug-likeness (QED) is 0.778. The van der Waals surface area contributed by atoms with E-state index in [4.69, 9.17) is 15.4 Å². The normalized spacial score (nSPS) is 13.0. The van der Waals surface area contributed by atoms with Gasteiger partial charge in [0.1, 0.15) is 0 Å². The lowest BCUT2D eigenvalue weighted by molar-refractivity contribution is 0.0891. The number of hydrogen-bond acceptors (Lipinski definition) is 4. The Labute approximate surface area is 130 Å². The van der Waals surface area contributed by atoms with Crippen LogP contribution in [0.15, 0.2) is 23.1 Å². The van der Waals surface area contributed by atoms with Crippen LogP contribution in [0.4, 0.5) is 0 Å². The van der Waals surface area contributed by atoms with Gasteiger partial charge in [-0.05, 0) is 37.1 Å². The first-order valence-corrected chi connectivity index (χ1v) is 8.95. The van der Waals surface area contributed by atoms with E-state index in [0.717, 1.165) is 12.8 Å². The molecule has 7 heteroatoms. The number of ether oxygens (including phenoxy) is 1. The van der Waals surface area contributed by atoms with Crippen molar-refractivity contribution in [3.63, 3.8) is 0 Å². The van der Waals surface area contributed by atoms with Gasteiger partial charge in [0.05, 0.1) is 17.5 Å². The van der Waals surface area contributed by atoms with Crippen LogP contribution in [0.25, 0.3) is 0 Å². The van der Waals surface area contributed by atoms with Gasteiger partial charge in [-0.15, -0.1) is 0 Å². The summed E-state index contributed by atoms with van der Waals surface area (Å²) >= 11 is 0. The van der Waals surface area contributed by atoms with Crippen molar-refractivity contribution in [3.05, 3.63) is 29.3 Å². The lowest BCUT2D eigenvalue weighted by Gasteiger charge is -2.17. The van der Waals surface area contributed by atoms with Gasteiger partial charge in [0.15, 0.2) is 0 Å². The van der Waals surface area contributed by atoms with Crippen molar-refractivity contribution in [1.29, 1.82) is 0 Å². The van der Waals surface area contributed by atoms with E-state index < -0.39 is 9.05 Å². The highest BCUT2D eigenvalue weighted by Crippen LogP contribution is 2.19. The molecule has 0 aliphatic heterocycles. The molecule has 0 saturated heterocycles. The van der Waals surface area contributed by atoms with E-state index in [-0.39, 0.29) is 22.4 Å². The van der Waals surface area contributed by atoms with E-state index >= 15 is 0 Å². The number of methoxy groups -OCH3 is 1. The second kappa shape index (κ2) is 7.77. The average Bonchev–Trinajstić information content (AvgIpc) is 2.37. The Morgan fingerprint density at radius 3 is 2.57 bits per heavy atom. The van der Waals surface area contributed by atoms with Crippen molar-refractivity contribution in [1.82, 2.24) is 5.32 Å². The molecule has 1 atom stereocenters. The maximum absolute atomic E-state index is 12.2. The molecule has 0 fully saturated rings. The first kappa shape index (κ1) is 17.9. The number of carbonyl (C=O) groups excluding carboxylic acids is 1. The minimum atomic E-state index is -3.86. The van der Waals surface area contributed by atoms with Crippen LogP contribution < -0.4 is 5.32 Å². The lowest BCUT2D eigenvalue weighted by Crippen LogP contribution is -2.38. The van der Waals surface area contributed by atoms with Crippen molar-refractivity contribution in [2.75, 3.05) is 13.7 Å². The van der Waals surface area contributed by atoms with Crippen LogP contribution in [0.3, 0.4) is 0 Å². The molecule has 1 aromatic rings. The Bertz CT molecular complexity index is 595. The summed E-state index contributed by atoms with van der Waals surface area (Å²) in [5.41, 5.74) is 0.923. The largest absolute Gasteiger partial charge is 0.383 e. The SMILES string of the molecule is CCCC(COC)NC(=O)c1cc(C)cc(S(=O)(=O)Cl)c1. The molecule has 21 heavy (non-hydrogen) atoms. The van der Waals surface area contributed by atoms with Gasteiger partial charge in [0.25, 0.3) is 15.0 Å². The van der Waals surface area contributed by atoms with Crippen LogP contribution in [-0.2, 0) is 13.8 Å². The third kappa shape index (κ3) is 5.65. The summed E-state index contributed by atoms with van der Waals surface area (Å²) in [6, 6.07) is 4.22. The van der Waals surface area contributed by atoms with Gasteiger partial charge in [-0.2, -0.15) is 0 Å². The maximum atomic E-state index is 12.2. The molecule has 1 N–H and O–H groups in total. The predicted molar refractivity (Wildman–Crippen MR) is 82.3 cm³/mol. The Morgan fingerprint density at radius 1 is 1.38 bits per heavy atom. The van der Waals surface area contributed by atoms with Crippen molar-refractivity contribution in [2.24, 2.45) is 0 Å². The summed E-state index contributed by atoms with van der Waals surface area (Å²) in [4.78, 5) is 12.2. The van der Waals surface area contributed by atoms with Crippen molar-refractivity contribution >= 4 is 25.6 Å². The van der Waals surface area contributed by atoms with E-state index in [1.165, 1.54) is 12.1 Å². The number of amides is 1. The highest BCUT2D eigenvalue weighted by Gasteiger charge is 2.17. The first-order chi connectivity index (χ1) is 9.77. The lowest BCUT2D eigenvalue weighted by atomic mass is 10.1. The fourth-order valence-corrected chi connectivity index (χ4v) is 2.90. The van der Waals surface area contributed by atoms with Gasteiger partial charge in [-0.1, -0.05) is 13.3 Å². The minimum Gasteiger partial charge on any atom is -0.383 e. The molecule has 1 amide bonds. The Morgan fingerprint density at radius 2 is 2.05 bits per heavy atom. The first-order valence-electron chi connectivity index (χ1n) is 6.64. The van der Waals surface area contributed by atoms with Crippen LogP contribution >= 0.6 is 10.7 Å². The molecular weight excluding hydrogens is 314 g/mol. The van der Waals surface area contributed by atoms with Crippen LogP contribution in [0.1, 0.15) is 35.7 Å². The summed E-state index contributed by atoms with van der Waals surface area (Å²) < 4.78 is 27.9. The number of carbonyl (C=O) groups is 1. The number of rotatable bonds is 7. The molecule has 0 aliphatic carbocycles. The van der Waals surface area contributed by atoms with Crippen LogP contribution in [-0.4, -0.2) is 34.1 Å². The van der Waals surface area contributed by atoms with Gasteiger partial charge in [0, 0.05) is 23.4 Å². The Balaban J connectivity index is 2.99. The number of benzene rings is 1. The van der Waals surface area contributed by atoms with E-state index in [0.29, 0.717) is 12.2 Å². The van der Waals surface area contributed by atoms with Gasteiger partial charge in [-0.3, -0.25) is 4.79 Å². The summed E-state index contributed by atoms with van der Waals surface area (Å²) in [6.45, 7) is 4.13. The molecule has 1 aromatic carbocycles. The monoisotopic (exact) mass is 333 g/mol. The second-order valence-corrected chi connectivity index (χ2v) is 7.45. The molecule has 118 valence electrons. The van der Waals surface area contributed by atoms with E-state index in [1.807, 2.05) is 6.92 Å². The van der Waals surface area contributed by atoms with Crippen LogP contribution in [0, 0.1) is 6.92 Å². The minimum absolute atomic E-state index is 0.0758. The highest BCUT2D eigenvalue weighted by atomic mass is 35.7. The zero-order valence-corrected chi connectivity index (χ0v) is 13.9. The van der Waals surface area contributed by atoms with Crippen molar-refractivity contribution in [3.8, 4) is 0 Å². The molecule has 0 radical (unpaired) electrons. The van der Waals surface area contributed by atoms with E-state index in [1.54, 1.807) is 20.1 Å². The number of hydrogen-bond donors (Lipinski definition) is 1. The molecule has 0 aliphatic rings. The molecule has 5 nitrogen and oxygen atoms in total. The standard InChI is InChI=1S/C14H20ClNO4S/c1-4-5-12(9-20-3)16-14(17)11-6-10(2)7-13(8-11)21(15,18)19/h6-8,12H,4-5,9H2,1-3H3,(H,16,17). The van der Waals surface area contributed by atoms with E-state index in [9.17, 15) is 13.2 Å². The summed E-state index contributed by atoms with van der Waals surface area (Å²) in [5.74, 6) is -0.337. The third-order valence-electron chi connectivity index (χ3n) is 2.93. The molecule has 0 spiro atoms. The molecule has 0 bridgehead atoms. The molecule has 0 heterocycles. The third-order valence-corrected chi connectivity index (χ3v) is 4.27. The van der Waals surface area contributed by atoms with Gasteiger partial charge in [0.2, 0.25) is 0 Å². The van der Waals surface area contributed by atoms with Gasteiger partial charge >= 0.3 is 0 Å². The molecule has 0 saturated carbocycles. The zero-order valence-electron chi connectivity index (χ0n) is 12.3. The molecule has 0 aromatic heterocycles. The summed E-state index contributed by atoms with van der Waals surface area (Å²) in [5, 5.41) is 2.84. The molecule has 1 unspecified atom stereocenters. The van der Waals surface area contributed by atoms with Crippen LogP contribution in [0.5, 0.6) is 0 Å². The Kier molecular flexibility index (Phi) is 6.64. The summed E-state index contributed by atoms with van der Waals surface area (Å²) in [7, 11) is 3.04. The molecule has 1 rings (SSSR count). The van der Waals surface area contributed by atoms with Crippen molar-refractivity contribution in [2.45, 2.75) is 37.6 Å². The molecular formula is C14H20ClNO4S. The smallest absolute Gasteiger partial charge is 0.261 e. The fraction of sp³-hybridized carbons (Fsp3) is 0.500. The van der Waals surface area contributed by atoms with Crippen LogP contribution in [0.2, 0.25) is 0 Å². The van der Waals surface area contributed by atoms with Crippen molar-refractivity contribution < 1.29 is 17.9 Å². The number of aryl methyl sites for hydroxylation is 1. The predicted octanol–water partition coefficient (Wildman–Crippen LogP) is 2.47. The van der Waals surface area contributed by atoms with E-state index in [2.05, 4.69) is 5.32 Å². The number of halogens is 1. The zero-order chi connectivity index (χ0) is 16.0.